The molecule has 0 spiro atoms. The molecule has 0 saturated carbocycles. The van der Waals surface area contributed by atoms with Crippen LogP contribution in [0.4, 0.5) is 4.39 Å². The number of halogens is 1. The van der Waals surface area contributed by atoms with Crippen molar-refractivity contribution in [3.05, 3.63) is 77.9 Å². The van der Waals surface area contributed by atoms with Crippen LogP contribution in [0.15, 0.2) is 65.8 Å². The summed E-state index contributed by atoms with van der Waals surface area (Å²) < 4.78 is 40.2. The highest BCUT2D eigenvalue weighted by molar-refractivity contribution is 7.89. The average molecular weight is 516 g/mol. The lowest BCUT2D eigenvalue weighted by Gasteiger charge is -2.22. The summed E-state index contributed by atoms with van der Waals surface area (Å²) in [6.45, 7) is 4.96. The van der Waals surface area contributed by atoms with Gasteiger partial charge in [-0.15, -0.1) is 0 Å². The van der Waals surface area contributed by atoms with Crippen LogP contribution in [0, 0.1) is 5.82 Å². The fourth-order valence-corrected chi connectivity index (χ4v) is 5.03. The van der Waals surface area contributed by atoms with Crippen LogP contribution in [-0.4, -0.2) is 60.0 Å². The first-order valence-corrected chi connectivity index (χ1v) is 13.1. The molecule has 1 unspecified atom stereocenters. The van der Waals surface area contributed by atoms with Crippen molar-refractivity contribution in [2.45, 2.75) is 37.2 Å². The van der Waals surface area contributed by atoms with E-state index in [1.54, 1.807) is 30.3 Å². The number of benzene rings is 2. The number of carboxylic acids is 1. The largest absolute Gasteiger partial charge is 0.478 e. The molecule has 1 fully saturated rings. The number of likely N-dealkylation sites (tertiary alicyclic amines) is 1. The second kappa shape index (κ2) is 12.6. The Labute approximate surface area is 210 Å². The molecular weight excluding hydrogens is 485 g/mol. The predicted molar refractivity (Wildman–Crippen MR) is 134 cm³/mol. The van der Waals surface area contributed by atoms with Gasteiger partial charge in [-0.1, -0.05) is 31.2 Å². The SMILES string of the molecule is CCN1CCCC1CNS(=O)(=O)c1cccc(CN)c1.O=C(O)c1cnc(-c2cccc(F)c2)nc1. The summed E-state index contributed by atoms with van der Waals surface area (Å²) in [5.41, 5.74) is 6.88. The van der Waals surface area contributed by atoms with Gasteiger partial charge in [0.25, 0.3) is 0 Å². The lowest BCUT2D eigenvalue weighted by Crippen LogP contribution is -2.40. The zero-order valence-electron chi connectivity index (χ0n) is 20.0. The first-order chi connectivity index (χ1) is 17.2. The molecule has 1 aliphatic rings. The molecule has 4 rings (SSSR count). The minimum atomic E-state index is -3.44. The molecule has 11 heteroatoms. The van der Waals surface area contributed by atoms with Crippen LogP contribution in [0.3, 0.4) is 0 Å². The van der Waals surface area contributed by atoms with Crippen molar-refractivity contribution in [1.82, 2.24) is 19.6 Å². The minimum absolute atomic E-state index is 0.000142. The number of sulfonamides is 1. The van der Waals surface area contributed by atoms with Crippen LogP contribution in [0.1, 0.15) is 35.7 Å². The zero-order chi connectivity index (χ0) is 26.1. The number of nitrogens with two attached hydrogens (primary N) is 1. The molecule has 2 aromatic carbocycles. The normalized spacial score (nSPS) is 15.8. The summed E-state index contributed by atoms with van der Waals surface area (Å²) in [6, 6.07) is 12.9. The number of nitrogens with one attached hydrogen (secondary N) is 1. The molecule has 36 heavy (non-hydrogen) atoms. The van der Waals surface area contributed by atoms with E-state index in [0.29, 0.717) is 35.4 Å². The van der Waals surface area contributed by atoms with Crippen LogP contribution in [0.5, 0.6) is 0 Å². The van der Waals surface area contributed by atoms with E-state index in [9.17, 15) is 17.6 Å². The summed E-state index contributed by atoms with van der Waals surface area (Å²) >= 11 is 0. The number of aromatic nitrogens is 2. The minimum Gasteiger partial charge on any atom is -0.478 e. The van der Waals surface area contributed by atoms with Gasteiger partial charge in [0.2, 0.25) is 10.0 Å². The van der Waals surface area contributed by atoms with Crippen molar-refractivity contribution in [1.29, 1.82) is 0 Å². The molecule has 1 atom stereocenters. The first kappa shape index (κ1) is 27.3. The molecule has 0 amide bonds. The summed E-state index contributed by atoms with van der Waals surface area (Å²) in [5.74, 6) is -1.18. The Kier molecular flexibility index (Phi) is 9.59. The van der Waals surface area contributed by atoms with Crippen molar-refractivity contribution >= 4 is 16.0 Å². The molecule has 3 aromatic rings. The number of hydrogen-bond acceptors (Lipinski definition) is 7. The number of aromatic carboxylic acids is 1. The van der Waals surface area contributed by atoms with Gasteiger partial charge in [0.15, 0.2) is 5.82 Å². The van der Waals surface area contributed by atoms with Crippen LogP contribution in [0.2, 0.25) is 0 Å². The number of carbonyl (C=O) groups is 1. The Morgan fingerprint density at radius 2 is 1.92 bits per heavy atom. The molecule has 1 aromatic heterocycles. The number of carboxylic acid groups (broad SMARTS) is 1. The molecule has 0 bridgehead atoms. The Hall–Kier alpha value is -3.25. The molecule has 4 N–H and O–H groups in total. The van der Waals surface area contributed by atoms with Gasteiger partial charge in [-0.3, -0.25) is 4.90 Å². The average Bonchev–Trinajstić information content (AvgIpc) is 3.36. The quantitative estimate of drug-likeness (QED) is 0.416. The number of nitrogens with zero attached hydrogens (tertiary/aromatic N) is 3. The van der Waals surface area contributed by atoms with Crippen LogP contribution in [-0.2, 0) is 16.6 Å². The predicted octanol–water partition coefficient (Wildman–Crippen LogP) is 2.89. The van der Waals surface area contributed by atoms with Crippen LogP contribution in [0.25, 0.3) is 11.4 Å². The van der Waals surface area contributed by atoms with Gasteiger partial charge >= 0.3 is 5.97 Å². The topological polar surface area (TPSA) is 139 Å². The Bertz CT molecular complexity index is 1270. The number of rotatable bonds is 8. The van der Waals surface area contributed by atoms with Crippen LogP contribution >= 0.6 is 0 Å². The third kappa shape index (κ3) is 7.37. The fraction of sp³-hybridized carbons (Fsp3) is 0.320. The lowest BCUT2D eigenvalue weighted by molar-refractivity contribution is 0.0696. The van der Waals surface area contributed by atoms with Gasteiger partial charge < -0.3 is 10.8 Å². The standard InChI is InChI=1S/C14H23N3O2S.C11H7FN2O2/c1-2-17-8-4-6-13(17)11-16-20(18,19)14-7-3-5-12(9-14)10-15;12-9-3-1-2-7(4-9)10-13-5-8(6-14-10)11(15)16/h3,5,7,9,13,16H,2,4,6,8,10-11,15H2,1H3;1-6H,(H,15,16). The molecule has 0 radical (unpaired) electrons. The molecule has 0 aliphatic carbocycles. The summed E-state index contributed by atoms with van der Waals surface area (Å²) in [6.07, 6.45) is 4.58. The molecule has 9 nitrogen and oxygen atoms in total. The summed E-state index contributed by atoms with van der Waals surface area (Å²) in [7, 11) is -3.44. The Morgan fingerprint density at radius 1 is 1.19 bits per heavy atom. The fourth-order valence-electron chi connectivity index (χ4n) is 3.89. The first-order valence-electron chi connectivity index (χ1n) is 11.6. The van der Waals surface area contributed by atoms with E-state index < -0.39 is 16.0 Å². The van der Waals surface area contributed by atoms with Gasteiger partial charge in [-0.2, -0.15) is 0 Å². The van der Waals surface area contributed by atoms with Gasteiger partial charge in [0, 0.05) is 37.1 Å². The molecule has 2 heterocycles. The Morgan fingerprint density at radius 3 is 2.56 bits per heavy atom. The number of likely N-dealkylation sites (N-methyl/N-ethyl adjacent to an activating group) is 1. The maximum Gasteiger partial charge on any atom is 0.338 e. The molecule has 1 saturated heterocycles. The third-order valence-electron chi connectivity index (χ3n) is 5.84. The monoisotopic (exact) mass is 515 g/mol. The van der Waals surface area contributed by atoms with Crippen molar-refractivity contribution < 1.29 is 22.7 Å². The Balaban J connectivity index is 0.000000205. The van der Waals surface area contributed by atoms with E-state index in [1.807, 2.05) is 6.07 Å². The van der Waals surface area contributed by atoms with Gasteiger partial charge in [-0.25, -0.2) is 32.3 Å². The highest BCUT2D eigenvalue weighted by Gasteiger charge is 2.25. The highest BCUT2D eigenvalue weighted by Crippen LogP contribution is 2.18. The second-order valence-electron chi connectivity index (χ2n) is 8.24. The maximum atomic E-state index is 12.9. The zero-order valence-corrected chi connectivity index (χ0v) is 20.8. The highest BCUT2D eigenvalue weighted by atomic mass is 32.2. The second-order valence-corrected chi connectivity index (χ2v) is 10.0. The van der Waals surface area contributed by atoms with E-state index in [-0.39, 0.29) is 11.4 Å². The van der Waals surface area contributed by atoms with E-state index in [0.717, 1.165) is 31.5 Å². The van der Waals surface area contributed by atoms with Crippen molar-refractivity contribution in [3.8, 4) is 11.4 Å². The smallest absolute Gasteiger partial charge is 0.338 e. The van der Waals surface area contributed by atoms with Gasteiger partial charge in [0.1, 0.15) is 5.82 Å². The van der Waals surface area contributed by atoms with E-state index in [1.165, 1.54) is 24.5 Å². The summed E-state index contributed by atoms with van der Waals surface area (Å²) in [4.78, 5) is 20.9. The molecule has 192 valence electrons. The van der Waals surface area contributed by atoms with Crippen molar-refractivity contribution in [2.24, 2.45) is 5.73 Å². The molecular formula is C25H30FN5O4S. The van der Waals surface area contributed by atoms with E-state index >= 15 is 0 Å². The van der Waals surface area contributed by atoms with E-state index in [4.69, 9.17) is 10.8 Å². The van der Waals surface area contributed by atoms with E-state index in [2.05, 4.69) is 26.5 Å². The maximum absolute atomic E-state index is 12.9. The molecule has 1 aliphatic heterocycles. The van der Waals surface area contributed by atoms with Gasteiger partial charge in [-0.05, 0) is 55.8 Å². The van der Waals surface area contributed by atoms with Gasteiger partial charge in [0.05, 0.1) is 10.5 Å². The van der Waals surface area contributed by atoms with Crippen LogP contribution < -0.4 is 10.5 Å². The van der Waals surface area contributed by atoms with Crippen molar-refractivity contribution in [3.63, 3.8) is 0 Å². The number of hydrogen-bond donors (Lipinski definition) is 3. The lowest BCUT2D eigenvalue weighted by atomic mass is 10.2. The third-order valence-corrected chi connectivity index (χ3v) is 7.26. The van der Waals surface area contributed by atoms with Crippen molar-refractivity contribution in [2.75, 3.05) is 19.6 Å². The summed E-state index contributed by atoms with van der Waals surface area (Å²) in [5, 5.41) is 8.65.